The molecule has 1 atom stereocenters. The van der Waals surface area contributed by atoms with E-state index in [-0.39, 0.29) is 0 Å². The number of benzene rings is 1. The molecule has 0 aliphatic rings. The standard InChI is InChI=1S/C12H17ClN2O2/c1-4-17-10-6-5-8(7-9(10)13)11(12(14)16)15(2)3/h5-7,11H,4H2,1-3H3,(H2,14,16). The lowest BCUT2D eigenvalue weighted by atomic mass is 10.1. The van der Waals surface area contributed by atoms with Gasteiger partial charge in [0.1, 0.15) is 11.8 Å². The van der Waals surface area contributed by atoms with Gasteiger partial charge in [-0.1, -0.05) is 17.7 Å². The van der Waals surface area contributed by atoms with Gasteiger partial charge in [-0.05, 0) is 38.7 Å². The molecule has 0 heterocycles. The van der Waals surface area contributed by atoms with E-state index in [4.69, 9.17) is 22.1 Å². The monoisotopic (exact) mass is 256 g/mol. The zero-order valence-electron chi connectivity index (χ0n) is 10.2. The predicted molar refractivity (Wildman–Crippen MR) is 68.2 cm³/mol. The Labute approximate surface area is 106 Å². The molecule has 0 aliphatic heterocycles. The van der Waals surface area contributed by atoms with Crippen LogP contribution in [-0.2, 0) is 4.79 Å². The third-order valence-electron chi connectivity index (χ3n) is 2.36. The van der Waals surface area contributed by atoms with E-state index in [1.54, 1.807) is 37.2 Å². The smallest absolute Gasteiger partial charge is 0.239 e. The Morgan fingerprint density at radius 1 is 1.53 bits per heavy atom. The Hall–Kier alpha value is -1.26. The largest absolute Gasteiger partial charge is 0.492 e. The Bertz CT molecular complexity index is 407. The van der Waals surface area contributed by atoms with Crippen LogP contribution in [0.1, 0.15) is 18.5 Å². The van der Waals surface area contributed by atoms with E-state index in [0.29, 0.717) is 17.4 Å². The predicted octanol–water partition coefficient (Wildman–Crippen LogP) is 1.83. The minimum absolute atomic E-state index is 0.407. The van der Waals surface area contributed by atoms with Crippen molar-refractivity contribution in [2.24, 2.45) is 5.73 Å². The van der Waals surface area contributed by atoms with Crippen LogP contribution in [0.5, 0.6) is 5.75 Å². The lowest BCUT2D eigenvalue weighted by molar-refractivity contribution is -0.122. The Morgan fingerprint density at radius 3 is 2.59 bits per heavy atom. The molecule has 0 fully saturated rings. The molecule has 17 heavy (non-hydrogen) atoms. The molecule has 4 nitrogen and oxygen atoms in total. The van der Waals surface area contributed by atoms with Gasteiger partial charge in [0.25, 0.3) is 0 Å². The van der Waals surface area contributed by atoms with Gasteiger partial charge in [0, 0.05) is 0 Å². The van der Waals surface area contributed by atoms with Crippen molar-refractivity contribution in [2.45, 2.75) is 13.0 Å². The lowest BCUT2D eigenvalue weighted by Gasteiger charge is -2.22. The molecule has 0 aromatic heterocycles. The molecule has 1 aromatic rings. The molecule has 0 saturated carbocycles. The molecule has 5 heteroatoms. The average Bonchev–Trinajstić information content (AvgIpc) is 2.21. The van der Waals surface area contributed by atoms with E-state index in [1.165, 1.54) is 0 Å². The van der Waals surface area contributed by atoms with Crippen LogP contribution >= 0.6 is 11.6 Å². The maximum Gasteiger partial charge on any atom is 0.239 e. The van der Waals surface area contributed by atoms with Crippen molar-refractivity contribution in [1.29, 1.82) is 0 Å². The van der Waals surface area contributed by atoms with Crippen LogP contribution in [0.15, 0.2) is 18.2 Å². The highest BCUT2D eigenvalue weighted by atomic mass is 35.5. The van der Waals surface area contributed by atoms with Crippen molar-refractivity contribution < 1.29 is 9.53 Å². The summed E-state index contributed by atoms with van der Waals surface area (Å²) in [7, 11) is 3.58. The summed E-state index contributed by atoms with van der Waals surface area (Å²) in [4.78, 5) is 13.1. The first-order valence-electron chi connectivity index (χ1n) is 5.35. The Morgan fingerprint density at radius 2 is 2.18 bits per heavy atom. The molecule has 1 unspecified atom stereocenters. The molecule has 1 aromatic carbocycles. The molecule has 2 N–H and O–H groups in total. The number of nitrogens with two attached hydrogens (primary N) is 1. The van der Waals surface area contributed by atoms with Gasteiger partial charge in [0.05, 0.1) is 11.6 Å². The molecule has 94 valence electrons. The van der Waals surface area contributed by atoms with Crippen molar-refractivity contribution >= 4 is 17.5 Å². The zero-order chi connectivity index (χ0) is 13.0. The third-order valence-corrected chi connectivity index (χ3v) is 2.65. The van der Waals surface area contributed by atoms with Gasteiger partial charge < -0.3 is 10.5 Å². The second-order valence-electron chi connectivity index (χ2n) is 3.89. The lowest BCUT2D eigenvalue weighted by Crippen LogP contribution is -2.32. The van der Waals surface area contributed by atoms with Crippen LogP contribution in [0.4, 0.5) is 0 Å². The van der Waals surface area contributed by atoms with Crippen molar-refractivity contribution in [2.75, 3.05) is 20.7 Å². The van der Waals surface area contributed by atoms with E-state index in [2.05, 4.69) is 0 Å². The molecular weight excluding hydrogens is 240 g/mol. The number of primary amides is 1. The summed E-state index contributed by atoms with van der Waals surface area (Å²) in [5.41, 5.74) is 6.12. The molecular formula is C12H17ClN2O2. The third kappa shape index (κ3) is 3.35. The molecule has 0 saturated heterocycles. The summed E-state index contributed by atoms with van der Waals surface area (Å²) in [6, 6.07) is 4.78. The number of amides is 1. The number of nitrogens with zero attached hydrogens (tertiary/aromatic N) is 1. The summed E-state index contributed by atoms with van der Waals surface area (Å²) in [5, 5.41) is 0.484. The van der Waals surface area contributed by atoms with Crippen LogP contribution in [0.2, 0.25) is 5.02 Å². The summed E-state index contributed by atoms with van der Waals surface area (Å²) in [6.07, 6.45) is 0. The number of hydrogen-bond donors (Lipinski definition) is 1. The fraction of sp³-hybridized carbons (Fsp3) is 0.417. The molecule has 1 rings (SSSR count). The van der Waals surface area contributed by atoms with Crippen molar-refractivity contribution in [3.8, 4) is 5.75 Å². The fourth-order valence-electron chi connectivity index (χ4n) is 1.68. The quantitative estimate of drug-likeness (QED) is 0.874. The topological polar surface area (TPSA) is 55.6 Å². The maximum absolute atomic E-state index is 11.4. The van der Waals surface area contributed by atoms with Gasteiger partial charge in [0.2, 0.25) is 5.91 Å². The fourth-order valence-corrected chi connectivity index (χ4v) is 1.92. The normalized spacial score (nSPS) is 12.5. The highest BCUT2D eigenvalue weighted by molar-refractivity contribution is 6.32. The molecule has 0 bridgehead atoms. The minimum Gasteiger partial charge on any atom is -0.492 e. The van der Waals surface area contributed by atoms with Crippen LogP contribution < -0.4 is 10.5 Å². The van der Waals surface area contributed by atoms with E-state index in [1.807, 2.05) is 6.92 Å². The van der Waals surface area contributed by atoms with Gasteiger partial charge in [-0.25, -0.2) is 0 Å². The second kappa shape index (κ2) is 5.89. The highest BCUT2D eigenvalue weighted by Gasteiger charge is 2.21. The number of ether oxygens (including phenoxy) is 1. The number of carbonyl (C=O) groups excluding carboxylic acids is 1. The van der Waals surface area contributed by atoms with Gasteiger partial charge in [-0.2, -0.15) is 0 Å². The van der Waals surface area contributed by atoms with Crippen molar-refractivity contribution in [3.05, 3.63) is 28.8 Å². The van der Waals surface area contributed by atoms with E-state index >= 15 is 0 Å². The van der Waals surface area contributed by atoms with Gasteiger partial charge in [-0.15, -0.1) is 0 Å². The van der Waals surface area contributed by atoms with Crippen molar-refractivity contribution in [3.63, 3.8) is 0 Å². The van der Waals surface area contributed by atoms with Crippen LogP contribution in [0.3, 0.4) is 0 Å². The number of likely N-dealkylation sites (N-methyl/N-ethyl adjacent to an activating group) is 1. The molecule has 0 radical (unpaired) electrons. The molecule has 0 spiro atoms. The first-order chi connectivity index (χ1) is 7.97. The van der Waals surface area contributed by atoms with Gasteiger partial charge in [0.15, 0.2) is 0 Å². The first-order valence-corrected chi connectivity index (χ1v) is 5.73. The Balaban J connectivity index is 3.06. The summed E-state index contributed by atoms with van der Waals surface area (Å²) in [6.45, 7) is 2.43. The van der Waals surface area contributed by atoms with Crippen LogP contribution in [0, 0.1) is 0 Å². The average molecular weight is 257 g/mol. The SMILES string of the molecule is CCOc1ccc(C(C(N)=O)N(C)C)cc1Cl. The molecule has 1 amide bonds. The van der Waals surface area contributed by atoms with Gasteiger partial charge >= 0.3 is 0 Å². The van der Waals surface area contributed by atoms with Crippen LogP contribution in [-0.4, -0.2) is 31.5 Å². The summed E-state index contributed by atoms with van der Waals surface area (Å²) in [5.74, 6) is 0.204. The van der Waals surface area contributed by atoms with Gasteiger partial charge in [-0.3, -0.25) is 9.69 Å². The van der Waals surface area contributed by atoms with E-state index in [9.17, 15) is 4.79 Å². The second-order valence-corrected chi connectivity index (χ2v) is 4.30. The Kier molecular flexibility index (Phi) is 4.78. The summed E-state index contributed by atoms with van der Waals surface area (Å²) < 4.78 is 5.33. The maximum atomic E-state index is 11.4. The molecule has 0 aliphatic carbocycles. The summed E-state index contributed by atoms with van der Waals surface area (Å²) >= 11 is 6.07. The van der Waals surface area contributed by atoms with Crippen LogP contribution in [0.25, 0.3) is 0 Å². The van der Waals surface area contributed by atoms with E-state index < -0.39 is 11.9 Å². The van der Waals surface area contributed by atoms with Crippen molar-refractivity contribution in [1.82, 2.24) is 4.90 Å². The number of hydrogen-bond acceptors (Lipinski definition) is 3. The zero-order valence-corrected chi connectivity index (χ0v) is 11.0. The highest BCUT2D eigenvalue weighted by Crippen LogP contribution is 2.29. The minimum atomic E-state index is -0.483. The number of rotatable bonds is 5. The first kappa shape index (κ1) is 13.8. The van der Waals surface area contributed by atoms with E-state index in [0.717, 1.165) is 5.56 Å². The number of carbonyl (C=O) groups is 1. The number of halogens is 1.